The second kappa shape index (κ2) is 9.57. The fourth-order valence-corrected chi connectivity index (χ4v) is 3.94. The second-order valence-electron chi connectivity index (χ2n) is 7.57. The molecule has 2 fully saturated rings. The fraction of sp³-hybridized carbons (Fsp3) is 0.364. The molecule has 4 N–H and O–H groups in total. The molecule has 3 heterocycles. The van der Waals surface area contributed by atoms with E-state index in [0.717, 1.165) is 18.4 Å². The number of urea groups is 1. The molecule has 4 amide bonds. The molecule has 1 aromatic heterocycles. The number of nitrogens with one attached hydrogen (secondary N) is 4. The van der Waals surface area contributed by atoms with Gasteiger partial charge in [-0.1, -0.05) is 12.1 Å². The summed E-state index contributed by atoms with van der Waals surface area (Å²) in [7, 11) is 0. The molecule has 2 aliphatic rings. The zero-order valence-electron chi connectivity index (χ0n) is 17.0. The lowest BCUT2D eigenvalue weighted by molar-refractivity contribution is -0.0602. The Morgan fingerprint density at radius 1 is 1.03 bits per heavy atom. The standard InChI is InChI=1S/C22H25N5O4/c28-19(24-10-11-25-20(29)16-3-1-9-23-13-16)15-7-5-14(6-8-15)18-17-4-2-12-31-21(17)27-22(30)26-18/h1,3,5-9,13,17-18,21H,2,4,10-12H2,(H,24,28)(H,25,29)(H2,26,27,30)/t17-,18-,21-/m0/s1. The number of hydrogen-bond donors (Lipinski definition) is 4. The normalized spacial score (nSPS) is 22.5. The molecule has 0 spiro atoms. The lowest BCUT2D eigenvalue weighted by Crippen LogP contribution is -2.58. The number of fused-ring (bicyclic) bond motifs is 1. The van der Waals surface area contributed by atoms with E-state index in [4.69, 9.17) is 4.74 Å². The minimum atomic E-state index is -0.280. The molecule has 0 radical (unpaired) electrons. The third-order valence-corrected chi connectivity index (χ3v) is 5.51. The van der Waals surface area contributed by atoms with Crippen molar-refractivity contribution in [3.8, 4) is 0 Å². The molecule has 0 aliphatic carbocycles. The van der Waals surface area contributed by atoms with E-state index in [1.807, 2.05) is 12.1 Å². The topological polar surface area (TPSA) is 121 Å². The van der Waals surface area contributed by atoms with Crippen LogP contribution in [0.2, 0.25) is 0 Å². The molecule has 1 aromatic carbocycles. The summed E-state index contributed by atoms with van der Waals surface area (Å²) in [6.45, 7) is 1.26. The summed E-state index contributed by atoms with van der Waals surface area (Å²) >= 11 is 0. The Balaban J connectivity index is 1.29. The summed E-state index contributed by atoms with van der Waals surface area (Å²) in [5.74, 6) is -0.314. The van der Waals surface area contributed by atoms with Crippen LogP contribution >= 0.6 is 0 Å². The predicted molar refractivity (Wildman–Crippen MR) is 112 cm³/mol. The predicted octanol–water partition coefficient (Wildman–Crippen LogP) is 1.35. The Labute approximate surface area is 180 Å². The average molecular weight is 423 g/mol. The van der Waals surface area contributed by atoms with Crippen molar-refractivity contribution < 1.29 is 19.1 Å². The number of nitrogens with zero attached hydrogens (tertiary/aromatic N) is 1. The highest BCUT2D eigenvalue weighted by Gasteiger charge is 2.39. The van der Waals surface area contributed by atoms with Crippen LogP contribution in [0.5, 0.6) is 0 Å². The van der Waals surface area contributed by atoms with E-state index < -0.39 is 0 Å². The summed E-state index contributed by atoms with van der Waals surface area (Å²) in [6.07, 6.45) is 4.71. The largest absolute Gasteiger partial charge is 0.358 e. The molecule has 0 bridgehead atoms. The van der Waals surface area contributed by atoms with Gasteiger partial charge in [0, 0.05) is 43.6 Å². The van der Waals surface area contributed by atoms with Crippen LogP contribution in [-0.4, -0.2) is 48.8 Å². The number of carbonyl (C=O) groups excluding carboxylic acids is 3. The van der Waals surface area contributed by atoms with Crippen molar-refractivity contribution in [2.24, 2.45) is 5.92 Å². The van der Waals surface area contributed by atoms with Crippen LogP contribution in [0.3, 0.4) is 0 Å². The number of ether oxygens (including phenoxy) is 1. The monoisotopic (exact) mass is 423 g/mol. The molecule has 2 saturated heterocycles. The van der Waals surface area contributed by atoms with Crippen LogP contribution in [0, 0.1) is 5.92 Å². The third kappa shape index (κ3) is 5.00. The van der Waals surface area contributed by atoms with Crippen molar-refractivity contribution in [3.63, 3.8) is 0 Å². The molecular formula is C22H25N5O4. The average Bonchev–Trinajstić information content (AvgIpc) is 2.81. The molecule has 2 aromatic rings. The van der Waals surface area contributed by atoms with Crippen LogP contribution in [0.4, 0.5) is 4.79 Å². The maximum absolute atomic E-state index is 12.4. The van der Waals surface area contributed by atoms with Crippen LogP contribution in [0.25, 0.3) is 0 Å². The first-order chi connectivity index (χ1) is 15.1. The highest BCUT2D eigenvalue weighted by Crippen LogP contribution is 2.34. The van der Waals surface area contributed by atoms with Crippen molar-refractivity contribution in [2.45, 2.75) is 25.1 Å². The van der Waals surface area contributed by atoms with Crippen LogP contribution in [0.1, 0.15) is 45.2 Å². The third-order valence-electron chi connectivity index (χ3n) is 5.51. The Bertz CT molecular complexity index is 935. The van der Waals surface area contributed by atoms with Crippen LogP contribution in [-0.2, 0) is 4.74 Å². The number of hydrogen-bond acceptors (Lipinski definition) is 5. The molecule has 4 rings (SSSR count). The van der Waals surface area contributed by atoms with Gasteiger partial charge in [0.05, 0.1) is 11.6 Å². The molecule has 162 valence electrons. The minimum Gasteiger partial charge on any atom is -0.358 e. The van der Waals surface area contributed by atoms with Gasteiger partial charge in [-0.05, 0) is 42.7 Å². The zero-order valence-corrected chi connectivity index (χ0v) is 17.0. The SMILES string of the molecule is O=C1N[C@H]2OCCC[C@H]2[C@H](c2ccc(C(=O)NCCNC(=O)c3cccnc3)cc2)N1. The van der Waals surface area contributed by atoms with E-state index in [2.05, 4.69) is 26.3 Å². The van der Waals surface area contributed by atoms with Gasteiger partial charge in [0.1, 0.15) is 6.23 Å². The van der Waals surface area contributed by atoms with Gasteiger partial charge in [-0.2, -0.15) is 0 Å². The fourth-order valence-electron chi connectivity index (χ4n) is 3.94. The second-order valence-corrected chi connectivity index (χ2v) is 7.57. The van der Waals surface area contributed by atoms with E-state index >= 15 is 0 Å². The minimum absolute atomic E-state index is 0.148. The van der Waals surface area contributed by atoms with E-state index in [1.54, 1.807) is 30.5 Å². The molecule has 0 unspecified atom stereocenters. The van der Waals surface area contributed by atoms with E-state index in [0.29, 0.717) is 30.8 Å². The molecule has 9 nitrogen and oxygen atoms in total. The Morgan fingerprint density at radius 3 is 2.48 bits per heavy atom. The van der Waals surface area contributed by atoms with Gasteiger partial charge in [0.25, 0.3) is 11.8 Å². The summed E-state index contributed by atoms with van der Waals surface area (Å²) < 4.78 is 5.70. The Morgan fingerprint density at radius 2 is 1.77 bits per heavy atom. The lowest BCUT2D eigenvalue weighted by atomic mass is 9.85. The Kier molecular flexibility index (Phi) is 6.42. The number of pyridine rings is 1. The summed E-state index contributed by atoms with van der Waals surface area (Å²) in [6, 6.07) is 10.2. The van der Waals surface area contributed by atoms with Crippen molar-refractivity contribution in [3.05, 3.63) is 65.5 Å². The van der Waals surface area contributed by atoms with Gasteiger partial charge in [0.15, 0.2) is 0 Å². The lowest BCUT2D eigenvalue weighted by Gasteiger charge is -2.41. The number of aromatic nitrogens is 1. The smallest absolute Gasteiger partial charge is 0.317 e. The summed E-state index contributed by atoms with van der Waals surface area (Å²) in [4.78, 5) is 40.2. The first-order valence-corrected chi connectivity index (χ1v) is 10.4. The van der Waals surface area contributed by atoms with Crippen molar-refractivity contribution >= 4 is 17.8 Å². The number of benzene rings is 1. The maximum atomic E-state index is 12.4. The van der Waals surface area contributed by atoms with Gasteiger partial charge < -0.3 is 26.0 Å². The van der Waals surface area contributed by atoms with Gasteiger partial charge in [-0.3, -0.25) is 14.6 Å². The van der Waals surface area contributed by atoms with Gasteiger partial charge >= 0.3 is 6.03 Å². The van der Waals surface area contributed by atoms with Crippen molar-refractivity contribution in [1.82, 2.24) is 26.3 Å². The van der Waals surface area contributed by atoms with E-state index in [9.17, 15) is 14.4 Å². The Hall–Kier alpha value is -3.46. The molecule has 0 saturated carbocycles. The molecule has 2 aliphatic heterocycles. The first kappa shape index (κ1) is 20.8. The number of rotatable bonds is 6. The molecular weight excluding hydrogens is 398 g/mol. The number of amides is 4. The zero-order chi connectivity index (χ0) is 21.6. The number of carbonyl (C=O) groups is 3. The summed E-state index contributed by atoms with van der Waals surface area (Å²) in [5.41, 5.74) is 1.93. The summed E-state index contributed by atoms with van der Waals surface area (Å²) in [5, 5.41) is 11.3. The van der Waals surface area contributed by atoms with Crippen molar-refractivity contribution in [2.75, 3.05) is 19.7 Å². The molecule has 31 heavy (non-hydrogen) atoms. The van der Waals surface area contributed by atoms with Crippen LogP contribution < -0.4 is 21.3 Å². The quantitative estimate of drug-likeness (QED) is 0.523. The molecule has 9 heteroatoms. The van der Waals surface area contributed by atoms with E-state index in [-0.39, 0.29) is 36.0 Å². The molecule has 3 atom stereocenters. The maximum Gasteiger partial charge on any atom is 0.317 e. The highest BCUT2D eigenvalue weighted by molar-refractivity contribution is 5.95. The first-order valence-electron chi connectivity index (χ1n) is 10.4. The van der Waals surface area contributed by atoms with Crippen molar-refractivity contribution in [1.29, 1.82) is 0 Å². The van der Waals surface area contributed by atoms with Gasteiger partial charge in [-0.15, -0.1) is 0 Å². The highest BCUT2D eigenvalue weighted by atomic mass is 16.5. The van der Waals surface area contributed by atoms with Gasteiger partial charge in [-0.25, -0.2) is 4.79 Å². The van der Waals surface area contributed by atoms with Crippen LogP contribution in [0.15, 0.2) is 48.8 Å². The van der Waals surface area contributed by atoms with E-state index in [1.165, 1.54) is 6.20 Å². The van der Waals surface area contributed by atoms with Gasteiger partial charge in [0.2, 0.25) is 0 Å².